The van der Waals surface area contributed by atoms with Crippen molar-refractivity contribution in [2.24, 2.45) is 0 Å². The van der Waals surface area contributed by atoms with Crippen LogP contribution in [0.3, 0.4) is 0 Å². The first-order valence-corrected chi connectivity index (χ1v) is 15.2. The zero-order chi connectivity index (χ0) is 31.2. The summed E-state index contributed by atoms with van der Waals surface area (Å²) in [6.45, 7) is 1.39. The average Bonchev–Trinajstić information content (AvgIpc) is 3.51. The van der Waals surface area contributed by atoms with Crippen LogP contribution in [0.2, 0.25) is 0 Å². The molecule has 0 spiro atoms. The summed E-state index contributed by atoms with van der Waals surface area (Å²) in [5, 5.41) is 12.0. The van der Waals surface area contributed by atoms with E-state index in [0.717, 1.165) is 23.6 Å². The van der Waals surface area contributed by atoms with E-state index < -0.39 is 18.1 Å². The largest absolute Gasteiger partial charge is 0.468 e. The number of likely N-dealkylation sites (N-methyl/N-ethyl adjacent to an activating group) is 1. The number of aromatic nitrogens is 2. The molecule has 10 nitrogen and oxygen atoms in total. The van der Waals surface area contributed by atoms with Crippen LogP contribution in [0.4, 0.5) is 19.4 Å². The normalized spacial score (nSPS) is 23.3. The molecule has 2 bridgehead atoms. The van der Waals surface area contributed by atoms with Gasteiger partial charge in [-0.3, -0.25) is 9.80 Å². The molecule has 236 valence electrons. The first-order valence-electron chi connectivity index (χ1n) is 15.2. The van der Waals surface area contributed by atoms with Crippen LogP contribution in [0.1, 0.15) is 19.3 Å². The summed E-state index contributed by atoms with van der Waals surface area (Å²) in [5.41, 5.74) is 1.07. The van der Waals surface area contributed by atoms with Gasteiger partial charge in [0.15, 0.2) is 12.6 Å². The number of benzene rings is 3. The number of piperazine rings is 1. The highest BCUT2D eigenvalue weighted by Crippen LogP contribution is 2.40. The van der Waals surface area contributed by atoms with Crippen molar-refractivity contribution in [2.45, 2.75) is 43.6 Å². The van der Waals surface area contributed by atoms with Gasteiger partial charge in [-0.15, -0.1) is 0 Å². The number of likely N-dealkylation sites (tertiary alicyclic amines) is 1. The van der Waals surface area contributed by atoms with Crippen LogP contribution >= 0.6 is 0 Å². The number of alkyl halides is 1. The highest BCUT2D eigenvalue weighted by atomic mass is 19.1. The minimum Gasteiger partial charge on any atom is -0.468 e. The summed E-state index contributed by atoms with van der Waals surface area (Å²) in [6.07, 6.45) is -0.0115. The van der Waals surface area contributed by atoms with E-state index in [2.05, 4.69) is 4.98 Å². The Kier molecular flexibility index (Phi) is 7.78. The lowest BCUT2D eigenvalue weighted by molar-refractivity contribution is 0.0512. The van der Waals surface area contributed by atoms with Gasteiger partial charge in [-0.1, -0.05) is 30.3 Å². The number of fused-ring (bicyclic) bond motifs is 4. The fraction of sp³-hybridized carbons (Fsp3) is 0.424. The summed E-state index contributed by atoms with van der Waals surface area (Å²) in [4.78, 5) is 26.7. The van der Waals surface area contributed by atoms with Crippen molar-refractivity contribution in [1.82, 2.24) is 19.8 Å². The number of methoxy groups -OCH3 is 1. The maximum atomic E-state index is 16.8. The van der Waals surface area contributed by atoms with Crippen LogP contribution in [-0.2, 0) is 4.74 Å². The molecule has 1 amide bonds. The maximum absolute atomic E-state index is 16.8. The minimum absolute atomic E-state index is 0.000643. The number of anilines is 1. The van der Waals surface area contributed by atoms with Gasteiger partial charge in [-0.05, 0) is 60.8 Å². The lowest BCUT2D eigenvalue weighted by Gasteiger charge is -2.40. The van der Waals surface area contributed by atoms with E-state index in [4.69, 9.17) is 19.2 Å². The predicted octanol–water partition coefficient (Wildman–Crippen LogP) is 5.32. The van der Waals surface area contributed by atoms with E-state index in [0.29, 0.717) is 54.1 Å². The summed E-state index contributed by atoms with van der Waals surface area (Å²) >= 11 is 0. The number of amides is 1. The molecule has 3 aliphatic heterocycles. The van der Waals surface area contributed by atoms with Crippen molar-refractivity contribution in [3.63, 3.8) is 0 Å². The summed E-state index contributed by atoms with van der Waals surface area (Å²) in [7, 11) is 3.38. The van der Waals surface area contributed by atoms with Gasteiger partial charge in [0.05, 0.1) is 12.1 Å². The van der Waals surface area contributed by atoms with Gasteiger partial charge in [-0.2, -0.15) is 9.97 Å². The minimum atomic E-state index is -0.934. The molecule has 3 aliphatic rings. The van der Waals surface area contributed by atoms with Gasteiger partial charge >= 0.3 is 12.1 Å². The molecule has 3 saturated heterocycles. The van der Waals surface area contributed by atoms with Gasteiger partial charge in [0.25, 0.3) is 0 Å². The molecule has 1 N–H and O–H groups in total. The Labute approximate surface area is 259 Å². The molecule has 0 radical (unpaired) electrons. The van der Waals surface area contributed by atoms with Crippen molar-refractivity contribution in [2.75, 3.05) is 52.1 Å². The fourth-order valence-corrected chi connectivity index (χ4v) is 7.12. The van der Waals surface area contributed by atoms with Crippen LogP contribution in [0, 0.1) is 5.82 Å². The van der Waals surface area contributed by atoms with Crippen LogP contribution in [0.15, 0.2) is 48.5 Å². The molecule has 4 heterocycles. The number of rotatable bonds is 8. The van der Waals surface area contributed by atoms with Crippen LogP contribution in [-0.4, -0.2) is 102 Å². The molecule has 0 unspecified atom stereocenters. The number of hydrogen-bond donors (Lipinski definition) is 1. The Morgan fingerprint density at radius 1 is 1.00 bits per heavy atom. The number of carboxylic acid groups (broad SMARTS) is 1. The lowest BCUT2D eigenvalue weighted by Crippen LogP contribution is -2.55. The van der Waals surface area contributed by atoms with Crippen molar-refractivity contribution < 1.29 is 32.9 Å². The Morgan fingerprint density at radius 3 is 2.49 bits per heavy atom. The van der Waals surface area contributed by atoms with E-state index in [-0.39, 0.29) is 43.1 Å². The van der Waals surface area contributed by atoms with Crippen LogP contribution in [0.25, 0.3) is 32.8 Å². The average molecular weight is 620 g/mol. The molecule has 1 aromatic heterocycles. The molecule has 3 aromatic carbocycles. The van der Waals surface area contributed by atoms with Crippen molar-refractivity contribution in [3.8, 4) is 22.9 Å². The second kappa shape index (κ2) is 11.9. The third-order valence-corrected chi connectivity index (χ3v) is 9.28. The Morgan fingerprint density at radius 2 is 1.78 bits per heavy atom. The lowest BCUT2D eigenvalue weighted by atomic mass is 9.96. The fourth-order valence-electron chi connectivity index (χ4n) is 7.12. The predicted molar refractivity (Wildman–Crippen MR) is 165 cm³/mol. The first-order chi connectivity index (χ1) is 21.8. The molecule has 0 aliphatic carbocycles. The van der Waals surface area contributed by atoms with E-state index in [1.54, 1.807) is 12.1 Å². The van der Waals surface area contributed by atoms with Gasteiger partial charge in [0.2, 0.25) is 0 Å². The molecular weight excluding hydrogens is 584 g/mol. The van der Waals surface area contributed by atoms with Gasteiger partial charge < -0.3 is 24.2 Å². The standard InChI is InChI=1S/C33H35F2N5O5/c1-38-14-20(34)12-23(38)17-44-32-36-30-27(31(37-32)39-15-21-7-8-22(16-39)40(21)33(41)42)10-9-26(29(30)35)28-13-24(45-18-43-2)11-19-5-3-4-6-25(19)28/h3-6,9-11,13,20-23H,7-8,12,14-18H2,1-2H3,(H,41,42)/t20-,21-,22+,23+/m1/s1. The highest BCUT2D eigenvalue weighted by molar-refractivity contribution is 6.01. The second-order valence-electron chi connectivity index (χ2n) is 12.1. The van der Waals surface area contributed by atoms with E-state index >= 15 is 4.39 Å². The highest BCUT2D eigenvalue weighted by Gasteiger charge is 2.43. The molecular formula is C33H35F2N5O5. The number of ether oxygens (including phenoxy) is 3. The van der Waals surface area contributed by atoms with Gasteiger partial charge in [-0.25, -0.2) is 13.6 Å². The number of nitrogens with zero attached hydrogens (tertiary/aromatic N) is 5. The molecule has 12 heteroatoms. The Bertz CT molecular complexity index is 1740. The SMILES string of the molecule is COCOc1cc(-c2ccc3c(N4C[C@H]5CC[C@@H](C4)N5C(=O)O)nc(OC[C@@H]4C[C@@H](F)CN4C)nc3c2F)c2ccccc2c1. The van der Waals surface area contributed by atoms with E-state index in [9.17, 15) is 14.3 Å². The van der Waals surface area contributed by atoms with Gasteiger partial charge in [0.1, 0.15) is 29.9 Å². The first kappa shape index (κ1) is 29.4. The molecule has 0 saturated carbocycles. The van der Waals surface area contributed by atoms with Crippen molar-refractivity contribution in [3.05, 3.63) is 54.3 Å². The third kappa shape index (κ3) is 5.46. The quantitative estimate of drug-likeness (QED) is 0.263. The van der Waals surface area contributed by atoms with Crippen LogP contribution in [0.5, 0.6) is 11.8 Å². The van der Waals surface area contributed by atoms with Crippen molar-refractivity contribution >= 4 is 33.6 Å². The van der Waals surface area contributed by atoms with Crippen molar-refractivity contribution in [1.29, 1.82) is 0 Å². The Hall–Kier alpha value is -4.29. The summed E-state index contributed by atoms with van der Waals surface area (Å²) in [6, 6.07) is 14.4. The smallest absolute Gasteiger partial charge is 0.407 e. The molecule has 3 fully saturated rings. The number of hydrogen-bond acceptors (Lipinski definition) is 8. The van der Waals surface area contributed by atoms with Gasteiger partial charge in [0, 0.05) is 43.7 Å². The summed E-state index contributed by atoms with van der Waals surface area (Å²) < 4.78 is 47.7. The number of carbonyl (C=O) groups is 1. The molecule has 4 aromatic rings. The zero-order valence-corrected chi connectivity index (χ0v) is 25.2. The Balaban J connectivity index is 1.33. The zero-order valence-electron chi connectivity index (χ0n) is 25.2. The topological polar surface area (TPSA) is 100 Å². The molecule has 45 heavy (non-hydrogen) atoms. The third-order valence-electron chi connectivity index (χ3n) is 9.28. The number of halogens is 2. The molecule has 4 atom stereocenters. The maximum Gasteiger partial charge on any atom is 0.407 e. The van der Waals surface area contributed by atoms with Crippen LogP contribution < -0.4 is 14.4 Å². The van der Waals surface area contributed by atoms with E-state index in [1.165, 1.54) is 12.0 Å². The van der Waals surface area contributed by atoms with E-state index in [1.807, 2.05) is 53.2 Å². The second-order valence-corrected chi connectivity index (χ2v) is 12.1. The molecule has 7 rings (SSSR count). The monoisotopic (exact) mass is 619 g/mol. The summed E-state index contributed by atoms with van der Waals surface area (Å²) in [5.74, 6) is 0.493.